The van der Waals surface area contributed by atoms with Gasteiger partial charge in [-0.3, -0.25) is 4.79 Å². The highest BCUT2D eigenvalue weighted by Gasteiger charge is 2.08. The van der Waals surface area contributed by atoms with Gasteiger partial charge in [0.25, 0.3) is 5.91 Å². The molecular formula is C15H15BrN2O2. The van der Waals surface area contributed by atoms with Gasteiger partial charge in [-0.1, -0.05) is 18.2 Å². The van der Waals surface area contributed by atoms with Gasteiger partial charge < -0.3 is 10.1 Å². The first-order valence-electron chi connectivity index (χ1n) is 6.34. The molecule has 4 nitrogen and oxygen atoms in total. The summed E-state index contributed by atoms with van der Waals surface area (Å²) in [5.41, 5.74) is 0.538. The Kier molecular flexibility index (Phi) is 5.55. The number of benzene rings is 1. The SMILES string of the molecule is O=C(NCCCOc1ccccc1)c1cccnc1Br. The molecule has 1 aromatic heterocycles. The van der Waals surface area contributed by atoms with Crippen molar-refractivity contribution in [3.8, 4) is 5.75 Å². The van der Waals surface area contributed by atoms with Gasteiger partial charge in [0, 0.05) is 12.7 Å². The van der Waals surface area contributed by atoms with Crippen molar-refractivity contribution in [1.29, 1.82) is 0 Å². The number of pyridine rings is 1. The summed E-state index contributed by atoms with van der Waals surface area (Å²) >= 11 is 3.25. The molecule has 0 aliphatic rings. The molecule has 0 spiro atoms. The molecule has 0 saturated carbocycles. The zero-order valence-corrected chi connectivity index (χ0v) is 12.5. The van der Waals surface area contributed by atoms with E-state index >= 15 is 0 Å². The highest BCUT2D eigenvalue weighted by Crippen LogP contribution is 2.12. The Labute approximate surface area is 126 Å². The summed E-state index contributed by atoms with van der Waals surface area (Å²) in [5.74, 6) is 0.707. The summed E-state index contributed by atoms with van der Waals surface area (Å²) in [6, 6.07) is 13.1. The van der Waals surface area contributed by atoms with Gasteiger partial charge in [0.2, 0.25) is 0 Å². The Morgan fingerprint density at radius 3 is 2.75 bits per heavy atom. The summed E-state index contributed by atoms with van der Waals surface area (Å²) in [6.07, 6.45) is 2.38. The molecule has 0 radical (unpaired) electrons. The molecule has 0 bridgehead atoms. The molecule has 1 aromatic carbocycles. The van der Waals surface area contributed by atoms with Crippen molar-refractivity contribution in [3.63, 3.8) is 0 Å². The van der Waals surface area contributed by atoms with Gasteiger partial charge in [0.05, 0.1) is 12.2 Å². The first kappa shape index (κ1) is 14.5. The molecule has 20 heavy (non-hydrogen) atoms. The van der Waals surface area contributed by atoms with Crippen molar-refractivity contribution in [1.82, 2.24) is 10.3 Å². The molecule has 2 rings (SSSR count). The monoisotopic (exact) mass is 334 g/mol. The molecule has 0 fully saturated rings. The lowest BCUT2D eigenvalue weighted by molar-refractivity contribution is 0.0950. The van der Waals surface area contributed by atoms with Crippen molar-refractivity contribution in [2.24, 2.45) is 0 Å². The standard InChI is InChI=1S/C15H15BrN2O2/c16-14-13(8-4-9-17-14)15(19)18-10-5-11-20-12-6-2-1-3-7-12/h1-4,6-9H,5,10-11H2,(H,18,19). The predicted molar refractivity (Wildman–Crippen MR) is 80.8 cm³/mol. The second-order valence-corrected chi connectivity index (χ2v) is 4.86. The van der Waals surface area contributed by atoms with E-state index in [2.05, 4.69) is 26.2 Å². The normalized spacial score (nSPS) is 10.1. The van der Waals surface area contributed by atoms with Crippen LogP contribution in [0.3, 0.4) is 0 Å². The maximum absolute atomic E-state index is 11.9. The van der Waals surface area contributed by atoms with Crippen LogP contribution >= 0.6 is 15.9 Å². The van der Waals surface area contributed by atoms with E-state index in [4.69, 9.17) is 4.74 Å². The summed E-state index contributed by atoms with van der Waals surface area (Å²) in [4.78, 5) is 15.9. The zero-order chi connectivity index (χ0) is 14.2. The molecule has 0 saturated heterocycles. The van der Waals surface area contributed by atoms with Crippen LogP contribution < -0.4 is 10.1 Å². The zero-order valence-electron chi connectivity index (χ0n) is 10.9. The lowest BCUT2D eigenvalue weighted by Gasteiger charge is -2.07. The predicted octanol–water partition coefficient (Wildman–Crippen LogP) is 3.04. The molecule has 1 N–H and O–H groups in total. The maximum atomic E-state index is 11.9. The molecular weight excluding hydrogens is 320 g/mol. The first-order chi connectivity index (χ1) is 9.77. The van der Waals surface area contributed by atoms with Gasteiger partial charge in [-0.05, 0) is 46.6 Å². The molecule has 1 amide bonds. The van der Waals surface area contributed by atoms with Gasteiger partial charge in [0.15, 0.2) is 0 Å². The quantitative estimate of drug-likeness (QED) is 0.652. The minimum atomic E-state index is -0.135. The average molecular weight is 335 g/mol. The number of para-hydroxylation sites is 1. The van der Waals surface area contributed by atoms with Crippen molar-refractivity contribution < 1.29 is 9.53 Å². The van der Waals surface area contributed by atoms with Crippen LogP contribution in [-0.4, -0.2) is 24.0 Å². The lowest BCUT2D eigenvalue weighted by Crippen LogP contribution is -2.26. The Hall–Kier alpha value is -1.88. The Morgan fingerprint density at radius 1 is 1.20 bits per heavy atom. The number of carbonyl (C=O) groups is 1. The number of carbonyl (C=O) groups excluding carboxylic acids is 1. The van der Waals surface area contributed by atoms with E-state index in [0.717, 1.165) is 12.2 Å². The number of nitrogens with one attached hydrogen (secondary N) is 1. The minimum absolute atomic E-state index is 0.135. The molecule has 1 heterocycles. The second kappa shape index (κ2) is 7.65. The number of nitrogens with zero attached hydrogens (tertiary/aromatic N) is 1. The van der Waals surface area contributed by atoms with Crippen molar-refractivity contribution >= 4 is 21.8 Å². The lowest BCUT2D eigenvalue weighted by atomic mass is 10.2. The Morgan fingerprint density at radius 2 is 2.00 bits per heavy atom. The Bertz CT molecular complexity index is 561. The van der Waals surface area contributed by atoms with E-state index in [-0.39, 0.29) is 5.91 Å². The largest absolute Gasteiger partial charge is 0.494 e. The fourth-order valence-electron chi connectivity index (χ4n) is 1.63. The summed E-state index contributed by atoms with van der Waals surface area (Å²) in [5, 5.41) is 2.84. The Balaban J connectivity index is 1.69. The number of rotatable bonds is 6. The number of amides is 1. The number of aromatic nitrogens is 1. The van der Waals surface area contributed by atoms with Crippen molar-refractivity contribution in [3.05, 3.63) is 58.8 Å². The van der Waals surface area contributed by atoms with E-state index in [0.29, 0.717) is 23.3 Å². The summed E-state index contributed by atoms with van der Waals surface area (Å²) in [7, 11) is 0. The minimum Gasteiger partial charge on any atom is -0.494 e. The topological polar surface area (TPSA) is 51.2 Å². The maximum Gasteiger partial charge on any atom is 0.254 e. The highest BCUT2D eigenvalue weighted by molar-refractivity contribution is 9.10. The van der Waals surface area contributed by atoms with E-state index < -0.39 is 0 Å². The van der Waals surface area contributed by atoms with Gasteiger partial charge in [-0.25, -0.2) is 4.98 Å². The highest BCUT2D eigenvalue weighted by atomic mass is 79.9. The number of halogens is 1. The van der Waals surface area contributed by atoms with Gasteiger partial charge in [0.1, 0.15) is 10.4 Å². The van der Waals surface area contributed by atoms with Crippen LogP contribution in [0.4, 0.5) is 0 Å². The van der Waals surface area contributed by atoms with Gasteiger partial charge in [-0.2, -0.15) is 0 Å². The third-order valence-electron chi connectivity index (χ3n) is 2.62. The van der Waals surface area contributed by atoms with Crippen LogP contribution in [-0.2, 0) is 0 Å². The third kappa shape index (κ3) is 4.35. The van der Waals surface area contributed by atoms with Crippen LogP contribution in [0.25, 0.3) is 0 Å². The third-order valence-corrected chi connectivity index (χ3v) is 3.25. The van der Waals surface area contributed by atoms with E-state index in [1.807, 2.05) is 30.3 Å². The number of hydrogen-bond donors (Lipinski definition) is 1. The molecule has 0 aliphatic heterocycles. The van der Waals surface area contributed by atoms with Gasteiger partial charge in [-0.15, -0.1) is 0 Å². The molecule has 2 aromatic rings. The average Bonchev–Trinajstić information content (AvgIpc) is 2.48. The molecule has 0 aliphatic carbocycles. The first-order valence-corrected chi connectivity index (χ1v) is 7.13. The van der Waals surface area contributed by atoms with Crippen LogP contribution in [0.15, 0.2) is 53.3 Å². The van der Waals surface area contributed by atoms with Crippen LogP contribution in [0.5, 0.6) is 5.75 Å². The second-order valence-electron chi connectivity index (χ2n) is 4.11. The fraction of sp³-hybridized carbons (Fsp3) is 0.200. The number of ether oxygens (including phenoxy) is 1. The number of hydrogen-bond acceptors (Lipinski definition) is 3. The smallest absolute Gasteiger partial charge is 0.254 e. The van der Waals surface area contributed by atoms with E-state index in [9.17, 15) is 4.79 Å². The van der Waals surface area contributed by atoms with Gasteiger partial charge >= 0.3 is 0 Å². The van der Waals surface area contributed by atoms with E-state index in [1.165, 1.54) is 0 Å². The fourth-order valence-corrected chi connectivity index (χ4v) is 2.06. The molecule has 0 unspecified atom stereocenters. The molecule has 0 atom stereocenters. The van der Waals surface area contributed by atoms with Crippen LogP contribution in [0, 0.1) is 0 Å². The molecule has 5 heteroatoms. The van der Waals surface area contributed by atoms with E-state index in [1.54, 1.807) is 18.3 Å². The van der Waals surface area contributed by atoms with Crippen molar-refractivity contribution in [2.75, 3.05) is 13.2 Å². The van der Waals surface area contributed by atoms with Crippen LogP contribution in [0.2, 0.25) is 0 Å². The van der Waals surface area contributed by atoms with Crippen LogP contribution in [0.1, 0.15) is 16.8 Å². The van der Waals surface area contributed by atoms with Crippen molar-refractivity contribution in [2.45, 2.75) is 6.42 Å². The summed E-state index contributed by atoms with van der Waals surface area (Å²) < 4.78 is 6.10. The summed E-state index contributed by atoms with van der Waals surface area (Å²) in [6.45, 7) is 1.13. The molecule has 104 valence electrons.